The zero-order chi connectivity index (χ0) is 28.6. The molecule has 11 heteroatoms. The van der Waals surface area contributed by atoms with Crippen molar-refractivity contribution in [2.24, 2.45) is 0 Å². The molecule has 5 rings (SSSR count). The number of hydrogen-bond donors (Lipinski definition) is 3. The molecule has 3 aromatic heterocycles. The monoisotopic (exact) mass is 560 g/mol. The predicted molar refractivity (Wildman–Crippen MR) is 157 cm³/mol. The number of nitrogens with zero attached hydrogens (tertiary/aromatic N) is 4. The fraction of sp³-hybridized carbons (Fsp3) is 0.333. The molecule has 10 nitrogen and oxygen atoms in total. The lowest BCUT2D eigenvalue weighted by atomic mass is 10.2. The number of rotatable bonds is 11. The Morgan fingerprint density at radius 1 is 1.17 bits per heavy atom. The van der Waals surface area contributed by atoms with Crippen molar-refractivity contribution in [3.8, 4) is 5.75 Å². The Kier molecular flexibility index (Phi) is 9.17. The van der Waals surface area contributed by atoms with Crippen LogP contribution < -0.4 is 20.8 Å². The molecular weight excluding hydrogens is 525 g/mol. The summed E-state index contributed by atoms with van der Waals surface area (Å²) in [7, 11) is 0. The fourth-order valence-corrected chi connectivity index (χ4v) is 4.80. The van der Waals surface area contributed by atoms with Crippen LogP contribution >= 0.6 is 0 Å². The van der Waals surface area contributed by atoms with Crippen LogP contribution in [-0.4, -0.2) is 83.7 Å². The molecule has 214 valence electrons. The van der Waals surface area contributed by atoms with Gasteiger partial charge in [0, 0.05) is 74.2 Å². The topological polar surface area (TPSA) is 119 Å². The Bertz CT molecular complexity index is 1560. The lowest BCUT2D eigenvalue weighted by molar-refractivity contribution is -0.118. The number of halogens is 1. The van der Waals surface area contributed by atoms with Crippen LogP contribution in [0, 0.1) is 12.7 Å². The zero-order valence-corrected chi connectivity index (χ0v) is 23.1. The summed E-state index contributed by atoms with van der Waals surface area (Å²) in [5.41, 5.74) is 3.89. The minimum absolute atomic E-state index is 0.290. The second-order valence-electron chi connectivity index (χ2n) is 9.87. The van der Waals surface area contributed by atoms with Gasteiger partial charge in [-0.15, -0.1) is 0 Å². The lowest BCUT2D eigenvalue weighted by Gasteiger charge is -2.26. The second kappa shape index (κ2) is 13.3. The van der Waals surface area contributed by atoms with Crippen molar-refractivity contribution >= 4 is 39.4 Å². The van der Waals surface area contributed by atoms with Crippen molar-refractivity contribution in [3.05, 3.63) is 72.5 Å². The van der Waals surface area contributed by atoms with E-state index in [1.54, 1.807) is 23.0 Å². The van der Waals surface area contributed by atoms with Crippen LogP contribution in [-0.2, 0) is 9.53 Å². The largest absolute Gasteiger partial charge is 0.492 e. The van der Waals surface area contributed by atoms with Crippen molar-refractivity contribution in [1.82, 2.24) is 24.8 Å². The molecule has 0 saturated carbocycles. The number of carbonyl (C=O) groups excluding carboxylic acids is 1. The minimum atomic E-state index is -0.347. The summed E-state index contributed by atoms with van der Waals surface area (Å²) < 4.78 is 26.7. The smallest absolute Gasteiger partial charge is 0.277 e. The maximum atomic E-state index is 13.7. The van der Waals surface area contributed by atoms with Crippen molar-refractivity contribution in [2.45, 2.75) is 13.3 Å². The molecule has 4 N–H and O–H groups in total. The summed E-state index contributed by atoms with van der Waals surface area (Å²) in [5.74, 6) is 0.367. The number of carbonyl (C=O) groups is 1. The van der Waals surface area contributed by atoms with Crippen molar-refractivity contribution < 1.29 is 24.1 Å². The zero-order valence-electron chi connectivity index (χ0n) is 23.1. The van der Waals surface area contributed by atoms with Gasteiger partial charge in [-0.25, -0.2) is 9.37 Å². The van der Waals surface area contributed by atoms with Gasteiger partial charge in [0.05, 0.1) is 37.2 Å². The van der Waals surface area contributed by atoms with Crippen LogP contribution in [0.3, 0.4) is 0 Å². The van der Waals surface area contributed by atoms with E-state index in [9.17, 15) is 9.18 Å². The number of amides is 1. The molecule has 0 atom stereocenters. The van der Waals surface area contributed by atoms with Gasteiger partial charge in [-0.1, -0.05) is 0 Å². The first kappa shape index (κ1) is 28.2. The number of morpholine rings is 1. The van der Waals surface area contributed by atoms with Gasteiger partial charge in [-0.05, 0) is 31.5 Å². The van der Waals surface area contributed by atoms with E-state index < -0.39 is 0 Å². The molecule has 1 saturated heterocycles. The van der Waals surface area contributed by atoms with Gasteiger partial charge in [0.1, 0.15) is 28.8 Å². The molecule has 1 aliphatic heterocycles. The fourth-order valence-electron chi connectivity index (χ4n) is 4.80. The first-order chi connectivity index (χ1) is 20.0. The first-order valence-electron chi connectivity index (χ1n) is 13.8. The van der Waals surface area contributed by atoms with Crippen LogP contribution in [0.2, 0.25) is 0 Å². The molecule has 1 amide bonds. The predicted octanol–water partition coefficient (Wildman–Crippen LogP) is 1.92. The molecule has 1 fully saturated rings. The molecule has 0 aliphatic carbocycles. The SMILES string of the molecule is Cc1cn(C(=[NH2+])/C=C\C(=O)NCCNc2ccnc3cc(OCCCN4CCOCC4)cnc23)c2cc(F)ccc12. The number of ether oxygens (including phenoxy) is 2. The number of anilines is 1. The van der Waals surface area contributed by atoms with Gasteiger partial charge >= 0.3 is 0 Å². The van der Waals surface area contributed by atoms with E-state index in [4.69, 9.17) is 14.9 Å². The number of aryl methyl sites for hydroxylation is 1. The molecule has 0 radical (unpaired) electrons. The third-order valence-corrected chi connectivity index (χ3v) is 6.93. The summed E-state index contributed by atoms with van der Waals surface area (Å²) in [6.45, 7) is 7.93. The molecule has 4 heterocycles. The van der Waals surface area contributed by atoms with Crippen LogP contribution in [0.25, 0.3) is 21.9 Å². The van der Waals surface area contributed by atoms with Crippen LogP contribution in [0.4, 0.5) is 10.1 Å². The number of aromatic nitrogens is 3. The molecule has 0 unspecified atom stereocenters. The average molecular weight is 561 g/mol. The van der Waals surface area contributed by atoms with Gasteiger partial charge in [0.15, 0.2) is 0 Å². The van der Waals surface area contributed by atoms with Gasteiger partial charge in [0.2, 0.25) is 5.91 Å². The Morgan fingerprint density at radius 2 is 2.02 bits per heavy atom. The second-order valence-corrected chi connectivity index (χ2v) is 9.87. The Labute approximate surface area is 237 Å². The molecule has 0 spiro atoms. The molecule has 1 aliphatic rings. The number of nitrogens with one attached hydrogen (secondary N) is 2. The minimum Gasteiger partial charge on any atom is -0.492 e. The third-order valence-electron chi connectivity index (χ3n) is 6.93. The van der Waals surface area contributed by atoms with E-state index >= 15 is 0 Å². The molecule has 4 aromatic rings. The highest BCUT2D eigenvalue weighted by Crippen LogP contribution is 2.23. The number of nitrogens with two attached hydrogens (primary N) is 1. The number of allylic oxidation sites excluding steroid dienone is 1. The molecule has 1 aromatic carbocycles. The standard InChI is InChI=1S/C30H34FN7O3/c1-21-20-38(27-17-22(31)3-4-24(21)27)28(32)5-6-29(39)35-10-9-34-25-7-8-33-26-18-23(19-36-30(25)26)41-14-2-11-37-12-15-40-16-13-37/h3-8,17-20,32H,2,9-16H2,1H3,(H,33,34)(H,35,39)/p+1/b6-5-,32-28?. The van der Waals surface area contributed by atoms with Crippen LogP contribution in [0.5, 0.6) is 5.75 Å². The van der Waals surface area contributed by atoms with E-state index in [-0.39, 0.29) is 11.7 Å². The van der Waals surface area contributed by atoms with E-state index in [0.717, 1.165) is 66.9 Å². The van der Waals surface area contributed by atoms with E-state index in [1.807, 2.05) is 25.3 Å². The van der Waals surface area contributed by atoms with E-state index in [2.05, 4.69) is 25.5 Å². The molecule has 41 heavy (non-hydrogen) atoms. The number of fused-ring (bicyclic) bond motifs is 2. The van der Waals surface area contributed by atoms with Crippen LogP contribution in [0.1, 0.15) is 12.0 Å². The third kappa shape index (κ3) is 7.24. The Hall–Kier alpha value is -4.35. The average Bonchev–Trinajstić information content (AvgIpc) is 3.32. The summed E-state index contributed by atoms with van der Waals surface area (Å²) in [4.78, 5) is 23.7. The summed E-state index contributed by atoms with van der Waals surface area (Å²) in [6, 6.07) is 8.30. The maximum absolute atomic E-state index is 13.7. The van der Waals surface area contributed by atoms with Crippen LogP contribution in [0.15, 0.2) is 61.1 Å². The van der Waals surface area contributed by atoms with Gasteiger partial charge in [0.25, 0.3) is 5.84 Å². The van der Waals surface area contributed by atoms with Crippen molar-refractivity contribution in [2.75, 3.05) is 57.9 Å². The Balaban J connectivity index is 1.08. The summed E-state index contributed by atoms with van der Waals surface area (Å²) in [5, 5.41) is 13.2. The van der Waals surface area contributed by atoms with E-state index in [1.165, 1.54) is 24.3 Å². The lowest BCUT2D eigenvalue weighted by Crippen LogP contribution is -2.43. The number of pyridine rings is 2. The Morgan fingerprint density at radius 3 is 2.88 bits per heavy atom. The summed E-state index contributed by atoms with van der Waals surface area (Å²) in [6.07, 6.45) is 9.05. The molecular formula is C30H35FN7O3+. The molecule has 0 bridgehead atoms. The normalized spacial score (nSPS) is 14.1. The summed E-state index contributed by atoms with van der Waals surface area (Å²) >= 11 is 0. The first-order valence-corrected chi connectivity index (χ1v) is 13.8. The van der Waals surface area contributed by atoms with E-state index in [0.29, 0.717) is 36.8 Å². The van der Waals surface area contributed by atoms with Gasteiger partial charge in [-0.3, -0.25) is 20.1 Å². The van der Waals surface area contributed by atoms with Crippen molar-refractivity contribution in [3.63, 3.8) is 0 Å². The maximum Gasteiger partial charge on any atom is 0.277 e. The van der Waals surface area contributed by atoms with Gasteiger partial charge in [-0.2, -0.15) is 4.57 Å². The number of benzene rings is 1. The highest BCUT2D eigenvalue weighted by atomic mass is 19.1. The highest BCUT2D eigenvalue weighted by Gasteiger charge is 2.15. The number of hydrogen-bond acceptors (Lipinski definition) is 7. The van der Waals surface area contributed by atoms with Crippen molar-refractivity contribution in [1.29, 1.82) is 0 Å². The highest BCUT2D eigenvalue weighted by molar-refractivity contribution is 6.02. The quantitative estimate of drug-likeness (QED) is 0.111. The van der Waals surface area contributed by atoms with Gasteiger partial charge < -0.3 is 20.1 Å².